The lowest BCUT2D eigenvalue weighted by atomic mass is 9.97. The minimum atomic E-state index is 0.806. The number of thiazole rings is 1. The van der Waals surface area contributed by atoms with Crippen molar-refractivity contribution >= 4 is 17.3 Å². The molecule has 0 bridgehead atoms. The lowest BCUT2D eigenvalue weighted by Gasteiger charge is -2.15. The summed E-state index contributed by atoms with van der Waals surface area (Å²) in [4.78, 5) is 10.5. The quantitative estimate of drug-likeness (QED) is 0.453. The number of aromatic nitrogens is 1. The fraction of sp³-hybridized carbons (Fsp3) is 0.667. The fourth-order valence-electron chi connectivity index (χ4n) is 2.89. The molecule has 1 aliphatic carbocycles. The zero-order valence-corrected chi connectivity index (χ0v) is 15.6. The van der Waals surface area contributed by atoms with Crippen LogP contribution in [0.5, 0.6) is 0 Å². The van der Waals surface area contributed by atoms with Crippen LogP contribution in [0.3, 0.4) is 0 Å². The highest BCUT2D eigenvalue weighted by Crippen LogP contribution is 2.19. The Bertz CT molecular complexity index is 545. The Hall–Kier alpha value is -1.36. The van der Waals surface area contributed by atoms with Crippen LogP contribution in [0.25, 0.3) is 0 Å². The van der Waals surface area contributed by atoms with Crippen LogP contribution in [0.2, 0.25) is 0 Å². The average molecular weight is 335 g/mol. The first-order valence-electron chi connectivity index (χ1n) is 8.82. The van der Waals surface area contributed by atoms with Gasteiger partial charge in [0.25, 0.3) is 0 Å². The van der Waals surface area contributed by atoms with E-state index in [1.807, 2.05) is 0 Å². The van der Waals surface area contributed by atoms with Crippen LogP contribution in [0.1, 0.15) is 54.6 Å². The van der Waals surface area contributed by atoms with Crippen molar-refractivity contribution in [2.45, 2.75) is 59.3 Å². The zero-order valence-electron chi connectivity index (χ0n) is 14.7. The second-order valence-corrected chi connectivity index (χ2v) is 7.32. The predicted molar refractivity (Wildman–Crippen MR) is 100 cm³/mol. The summed E-state index contributed by atoms with van der Waals surface area (Å²) in [6.45, 7) is 8.93. The molecule has 0 fully saturated rings. The first-order chi connectivity index (χ1) is 11.2. The molecule has 2 rings (SSSR count). The van der Waals surface area contributed by atoms with E-state index < -0.39 is 0 Å². The molecular formula is C18H30N4S. The van der Waals surface area contributed by atoms with E-state index in [1.54, 1.807) is 16.9 Å². The van der Waals surface area contributed by atoms with E-state index in [2.05, 4.69) is 42.5 Å². The van der Waals surface area contributed by atoms with Crippen LogP contribution in [0, 0.1) is 13.8 Å². The molecule has 1 heterocycles. The molecule has 0 aliphatic heterocycles. The van der Waals surface area contributed by atoms with Crippen molar-refractivity contribution in [2.75, 3.05) is 19.6 Å². The summed E-state index contributed by atoms with van der Waals surface area (Å²) in [5.74, 6) is 0.933. The SMILES string of the molecule is CCNC(=NCCc1sc(C)nc1C)NCCC1=CCCCC1. The first-order valence-corrected chi connectivity index (χ1v) is 9.63. The number of hydrogen-bond acceptors (Lipinski definition) is 3. The van der Waals surface area contributed by atoms with Gasteiger partial charge in [-0.25, -0.2) is 4.98 Å². The Morgan fingerprint density at radius 1 is 1.26 bits per heavy atom. The number of nitrogens with zero attached hydrogens (tertiary/aromatic N) is 2. The van der Waals surface area contributed by atoms with Crippen molar-refractivity contribution in [1.29, 1.82) is 0 Å². The van der Waals surface area contributed by atoms with Gasteiger partial charge in [0, 0.05) is 30.9 Å². The fourth-order valence-corrected chi connectivity index (χ4v) is 3.82. The molecule has 128 valence electrons. The Morgan fingerprint density at radius 3 is 2.78 bits per heavy atom. The minimum Gasteiger partial charge on any atom is -0.357 e. The molecule has 0 amide bonds. The topological polar surface area (TPSA) is 49.3 Å². The summed E-state index contributed by atoms with van der Waals surface area (Å²) in [6, 6.07) is 0. The molecule has 23 heavy (non-hydrogen) atoms. The van der Waals surface area contributed by atoms with Gasteiger partial charge in [0.1, 0.15) is 0 Å². The highest BCUT2D eigenvalue weighted by atomic mass is 32.1. The third-order valence-electron chi connectivity index (χ3n) is 4.08. The standard InChI is InChI=1S/C18H30N4S/c1-4-19-18(20-12-10-16-8-6-5-7-9-16)21-13-11-17-14(2)22-15(3)23-17/h8H,4-7,9-13H2,1-3H3,(H2,19,20,21). The summed E-state index contributed by atoms with van der Waals surface area (Å²) in [7, 11) is 0. The lowest BCUT2D eigenvalue weighted by molar-refractivity contribution is 0.665. The Kier molecular flexibility index (Phi) is 7.59. The minimum absolute atomic E-state index is 0.806. The number of nitrogens with one attached hydrogen (secondary N) is 2. The van der Waals surface area contributed by atoms with Crippen molar-refractivity contribution in [3.05, 3.63) is 27.2 Å². The molecule has 0 aromatic carbocycles. The van der Waals surface area contributed by atoms with Crippen LogP contribution in [0.4, 0.5) is 0 Å². The van der Waals surface area contributed by atoms with Crippen LogP contribution >= 0.6 is 11.3 Å². The van der Waals surface area contributed by atoms with Crippen molar-refractivity contribution in [3.8, 4) is 0 Å². The van der Waals surface area contributed by atoms with Gasteiger partial charge in [-0.05, 0) is 52.9 Å². The number of guanidine groups is 1. The van der Waals surface area contributed by atoms with Gasteiger partial charge in [0.2, 0.25) is 0 Å². The molecule has 1 aliphatic rings. The summed E-state index contributed by atoms with van der Waals surface area (Å²) >= 11 is 1.79. The van der Waals surface area contributed by atoms with Gasteiger partial charge in [-0.2, -0.15) is 0 Å². The molecule has 0 saturated heterocycles. The molecular weight excluding hydrogens is 304 g/mol. The Labute approximate surface area is 144 Å². The maximum Gasteiger partial charge on any atom is 0.191 e. The van der Waals surface area contributed by atoms with Crippen molar-refractivity contribution in [1.82, 2.24) is 15.6 Å². The van der Waals surface area contributed by atoms with E-state index in [4.69, 9.17) is 4.99 Å². The van der Waals surface area contributed by atoms with E-state index in [0.717, 1.165) is 49.1 Å². The first kappa shape index (κ1) is 18.0. The van der Waals surface area contributed by atoms with Crippen LogP contribution < -0.4 is 10.6 Å². The van der Waals surface area contributed by atoms with Gasteiger partial charge in [0.05, 0.1) is 10.7 Å². The highest BCUT2D eigenvalue weighted by molar-refractivity contribution is 7.11. The molecule has 0 radical (unpaired) electrons. The summed E-state index contributed by atoms with van der Waals surface area (Å²) in [5.41, 5.74) is 2.76. The smallest absolute Gasteiger partial charge is 0.191 e. The lowest BCUT2D eigenvalue weighted by Crippen LogP contribution is -2.38. The van der Waals surface area contributed by atoms with Gasteiger partial charge < -0.3 is 10.6 Å². The molecule has 5 heteroatoms. The second-order valence-electron chi connectivity index (χ2n) is 6.04. The van der Waals surface area contributed by atoms with Gasteiger partial charge in [0.15, 0.2) is 5.96 Å². The largest absolute Gasteiger partial charge is 0.357 e. The molecule has 0 atom stereocenters. The molecule has 0 spiro atoms. The maximum absolute atomic E-state index is 4.70. The highest BCUT2D eigenvalue weighted by Gasteiger charge is 2.06. The number of allylic oxidation sites excluding steroid dienone is 1. The van der Waals surface area contributed by atoms with Gasteiger partial charge in [-0.1, -0.05) is 11.6 Å². The van der Waals surface area contributed by atoms with Gasteiger partial charge >= 0.3 is 0 Å². The van der Waals surface area contributed by atoms with Crippen LogP contribution in [-0.4, -0.2) is 30.6 Å². The number of hydrogen-bond donors (Lipinski definition) is 2. The van der Waals surface area contributed by atoms with Crippen molar-refractivity contribution in [2.24, 2.45) is 4.99 Å². The number of aryl methyl sites for hydroxylation is 2. The summed E-state index contributed by atoms with van der Waals surface area (Å²) in [6.07, 6.45) is 9.78. The van der Waals surface area contributed by atoms with E-state index in [0.29, 0.717) is 0 Å². The molecule has 0 unspecified atom stereocenters. The maximum atomic E-state index is 4.70. The summed E-state index contributed by atoms with van der Waals surface area (Å²) in [5, 5.41) is 7.94. The van der Waals surface area contributed by atoms with Crippen molar-refractivity contribution < 1.29 is 0 Å². The van der Waals surface area contributed by atoms with Gasteiger partial charge in [-0.15, -0.1) is 11.3 Å². The Morgan fingerprint density at radius 2 is 2.13 bits per heavy atom. The number of rotatable bonds is 7. The molecule has 0 saturated carbocycles. The predicted octanol–water partition coefficient (Wildman–Crippen LogP) is 3.75. The third kappa shape index (κ3) is 6.34. The molecule has 2 N–H and O–H groups in total. The molecule has 1 aromatic heterocycles. The monoisotopic (exact) mass is 334 g/mol. The van der Waals surface area contributed by atoms with Crippen molar-refractivity contribution in [3.63, 3.8) is 0 Å². The average Bonchev–Trinajstić information content (AvgIpc) is 2.86. The third-order valence-corrected chi connectivity index (χ3v) is 5.21. The Balaban J connectivity index is 1.77. The van der Waals surface area contributed by atoms with E-state index in [1.165, 1.54) is 30.6 Å². The van der Waals surface area contributed by atoms with E-state index >= 15 is 0 Å². The van der Waals surface area contributed by atoms with Crippen LogP contribution in [0.15, 0.2) is 16.6 Å². The van der Waals surface area contributed by atoms with Gasteiger partial charge in [-0.3, -0.25) is 4.99 Å². The zero-order chi connectivity index (χ0) is 16.5. The van der Waals surface area contributed by atoms with Crippen LogP contribution in [-0.2, 0) is 6.42 Å². The van der Waals surface area contributed by atoms with E-state index in [9.17, 15) is 0 Å². The molecule has 4 nitrogen and oxygen atoms in total. The normalized spacial score (nSPS) is 15.4. The second kappa shape index (κ2) is 9.71. The molecule has 1 aromatic rings. The number of aliphatic imine (C=N–C) groups is 1. The summed E-state index contributed by atoms with van der Waals surface area (Å²) < 4.78 is 0. The van der Waals surface area contributed by atoms with E-state index in [-0.39, 0.29) is 0 Å².